The van der Waals surface area contributed by atoms with Crippen molar-refractivity contribution in [2.75, 3.05) is 0 Å². The Hall–Kier alpha value is -1.75. The van der Waals surface area contributed by atoms with Crippen LogP contribution in [-0.2, 0) is 0 Å². The first kappa shape index (κ1) is 10.8. The summed E-state index contributed by atoms with van der Waals surface area (Å²) in [7, 11) is 0. The number of pyridine rings is 1. The van der Waals surface area contributed by atoms with E-state index >= 15 is 0 Å². The van der Waals surface area contributed by atoms with Gasteiger partial charge in [0.2, 0.25) is 0 Å². The van der Waals surface area contributed by atoms with E-state index in [-0.39, 0.29) is 5.69 Å². The highest BCUT2D eigenvalue weighted by Gasteiger charge is 2.09. The van der Waals surface area contributed by atoms with Crippen LogP contribution in [0.2, 0.25) is 0 Å². The molecule has 0 spiro atoms. The molecule has 1 heterocycles. The Balaban J connectivity index is 2.54. The first-order valence-corrected chi connectivity index (χ1v) is 5.31. The molecule has 5 heteroatoms. The molecular formula is C11H7BrN2O2. The monoisotopic (exact) mass is 278 g/mol. The summed E-state index contributed by atoms with van der Waals surface area (Å²) in [4.78, 5) is 14.3. The van der Waals surface area contributed by atoms with Crippen molar-refractivity contribution < 1.29 is 4.92 Å². The van der Waals surface area contributed by atoms with Gasteiger partial charge in [-0.25, -0.2) is 0 Å². The second-order valence-electron chi connectivity index (χ2n) is 3.20. The largest absolute Gasteiger partial charge is 0.271 e. The maximum absolute atomic E-state index is 10.7. The summed E-state index contributed by atoms with van der Waals surface area (Å²) < 4.78 is 0.681. The zero-order valence-electron chi connectivity index (χ0n) is 8.13. The van der Waals surface area contributed by atoms with E-state index in [9.17, 15) is 10.1 Å². The lowest BCUT2D eigenvalue weighted by atomic mass is 10.1. The molecule has 4 nitrogen and oxygen atoms in total. The van der Waals surface area contributed by atoms with Crippen LogP contribution in [0.25, 0.3) is 11.1 Å². The minimum absolute atomic E-state index is 0.0632. The van der Waals surface area contributed by atoms with Gasteiger partial charge >= 0.3 is 0 Å². The van der Waals surface area contributed by atoms with Crippen molar-refractivity contribution in [3.8, 4) is 11.1 Å². The van der Waals surface area contributed by atoms with Crippen molar-refractivity contribution in [3.63, 3.8) is 0 Å². The van der Waals surface area contributed by atoms with Crippen LogP contribution in [0.1, 0.15) is 0 Å². The van der Waals surface area contributed by atoms with Crippen LogP contribution in [0.3, 0.4) is 0 Å². The number of nitro benzene ring substituents is 1. The fourth-order valence-corrected chi connectivity index (χ4v) is 1.86. The van der Waals surface area contributed by atoms with E-state index < -0.39 is 4.92 Å². The number of hydrogen-bond donors (Lipinski definition) is 0. The van der Waals surface area contributed by atoms with Gasteiger partial charge in [0.05, 0.1) is 4.92 Å². The van der Waals surface area contributed by atoms with Gasteiger partial charge in [0.15, 0.2) is 0 Å². The molecule has 0 atom stereocenters. The number of nitro groups is 1. The maximum atomic E-state index is 10.7. The Morgan fingerprint density at radius 3 is 2.69 bits per heavy atom. The van der Waals surface area contributed by atoms with Gasteiger partial charge in [0.1, 0.15) is 0 Å². The maximum Gasteiger partial charge on any atom is 0.271 e. The van der Waals surface area contributed by atoms with Crippen LogP contribution in [-0.4, -0.2) is 9.91 Å². The van der Waals surface area contributed by atoms with Crippen molar-refractivity contribution in [2.45, 2.75) is 0 Å². The van der Waals surface area contributed by atoms with E-state index in [1.807, 2.05) is 12.1 Å². The molecule has 0 aliphatic rings. The molecule has 0 saturated heterocycles. The van der Waals surface area contributed by atoms with Crippen LogP contribution in [0.5, 0.6) is 0 Å². The van der Waals surface area contributed by atoms with Crippen LogP contribution in [0, 0.1) is 10.1 Å². The van der Waals surface area contributed by atoms with E-state index in [4.69, 9.17) is 0 Å². The average Bonchev–Trinajstić information content (AvgIpc) is 2.29. The molecule has 0 aliphatic heterocycles. The lowest BCUT2D eigenvalue weighted by Crippen LogP contribution is -1.89. The zero-order chi connectivity index (χ0) is 11.5. The molecule has 0 bridgehead atoms. The third kappa shape index (κ3) is 2.25. The van der Waals surface area contributed by atoms with Crippen LogP contribution in [0.15, 0.2) is 47.2 Å². The first-order chi connectivity index (χ1) is 7.66. The molecule has 80 valence electrons. The molecule has 16 heavy (non-hydrogen) atoms. The topological polar surface area (TPSA) is 56.0 Å². The third-order valence-corrected chi connectivity index (χ3v) is 2.55. The average molecular weight is 279 g/mol. The minimum atomic E-state index is -0.412. The Bertz CT molecular complexity index is 529. The standard InChI is InChI=1S/C11H7BrN2O2/c12-10-4-9(5-11(6-10)14(15)16)8-2-1-3-13-7-8/h1-7H. The number of non-ortho nitro benzene ring substituents is 1. The summed E-state index contributed by atoms with van der Waals surface area (Å²) in [6.07, 6.45) is 3.33. The summed E-state index contributed by atoms with van der Waals surface area (Å²) >= 11 is 3.25. The van der Waals surface area contributed by atoms with Gasteiger partial charge in [-0.15, -0.1) is 0 Å². The number of nitrogens with zero attached hydrogens (tertiary/aromatic N) is 2. The van der Waals surface area contributed by atoms with E-state index in [0.29, 0.717) is 4.47 Å². The van der Waals surface area contributed by atoms with Crippen molar-refractivity contribution in [3.05, 3.63) is 57.3 Å². The molecule has 1 aromatic carbocycles. The van der Waals surface area contributed by atoms with Gasteiger partial charge in [-0.2, -0.15) is 0 Å². The van der Waals surface area contributed by atoms with E-state index in [0.717, 1.165) is 11.1 Å². The molecule has 0 radical (unpaired) electrons. The predicted octanol–water partition coefficient (Wildman–Crippen LogP) is 3.42. The molecular weight excluding hydrogens is 272 g/mol. The summed E-state index contributed by atoms with van der Waals surface area (Å²) in [6.45, 7) is 0. The van der Waals surface area contributed by atoms with Crippen molar-refractivity contribution in [2.24, 2.45) is 0 Å². The van der Waals surface area contributed by atoms with Gasteiger partial charge < -0.3 is 0 Å². The predicted molar refractivity (Wildman–Crippen MR) is 64.0 cm³/mol. The molecule has 0 N–H and O–H groups in total. The second-order valence-corrected chi connectivity index (χ2v) is 4.11. The summed E-state index contributed by atoms with van der Waals surface area (Å²) in [6, 6.07) is 8.48. The number of hydrogen-bond acceptors (Lipinski definition) is 3. The first-order valence-electron chi connectivity index (χ1n) is 4.52. The van der Waals surface area contributed by atoms with Gasteiger partial charge in [-0.1, -0.05) is 22.0 Å². The normalized spacial score (nSPS) is 10.1. The second kappa shape index (κ2) is 4.40. The van der Waals surface area contributed by atoms with Crippen molar-refractivity contribution in [1.29, 1.82) is 0 Å². The summed E-state index contributed by atoms with van der Waals surface area (Å²) in [5.74, 6) is 0. The number of rotatable bonds is 2. The Kier molecular flexibility index (Phi) is 2.96. The van der Waals surface area contributed by atoms with Crippen LogP contribution >= 0.6 is 15.9 Å². The molecule has 1 aromatic heterocycles. The molecule has 0 amide bonds. The zero-order valence-corrected chi connectivity index (χ0v) is 9.72. The number of aromatic nitrogens is 1. The molecule has 2 aromatic rings. The SMILES string of the molecule is O=[N+]([O-])c1cc(Br)cc(-c2cccnc2)c1. The Morgan fingerprint density at radius 1 is 1.25 bits per heavy atom. The van der Waals surface area contributed by atoms with Gasteiger partial charge in [0, 0.05) is 34.6 Å². The van der Waals surface area contributed by atoms with Crippen LogP contribution < -0.4 is 0 Å². The van der Waals surface area contributed by atoms with Crippen LogP contribution in [0.4, 0.5) is 5.69 Å². The molecule has 0 saturated carbocycles. The highest BCUT2D eigenvalue weighted by atomic mass is 79.9. The van der Waals surface area contributed by atoms with E-state index in [1.165, 1.54) is 12.1 Å². The van der Waals surface area contributed by atoms with Gasteiger partial charge in [-0.3, -0.25) is 15.1 Å². The van der Waals surface area contributed by atoms with E-state index in [2.05, 4.69) is 20.9 Å². The van der Waals surface area contributed by atoms with E-state index in [1.54, 1.807) is 18.5 Å². The molecule has 0 fully saturated rings. The lowest BCUT2D eigenvalue weighted by Gasteiger charge is -2.01. The Labute approximate surface area is 100 Å². The highest BCUT2D eigenvalue weighted by molar-refractivity contribution is 9.10. The smallest absolute Gasteiger partial charge is 0.264 e. The fourth-order valence-electron chi connectivity index (χ4n) is 1.38. The summed E-state index contributed by atoms with van der Waals surface area (Å²) in [5.41, 5.74) is 1.69. The summed E-state index contributed by atoms with van der Waals surface area (Å²) in [5, 5.41) is 10.7. The fraction of sp³-hybridized carbons (Fsp3) is 0. The highest BCUT2D eigenvalue weighted by Crippen LogP contribution is 2.27. The number of halogens is 1. The Morgan fingerprint density at radius 2 is 2.06 bits per heavy atom. The van der Waals surface area contributed by atoms with Crippen molar-refractivity contribution >= 4 is 21.6 Å². The molecule has 0 aliphatic carbocycles. The molecule has 2 rings (SSSR count). The molecule has 0 unspecified atom stereocenters. The van der Waals surface area contributed by atoms with Crippen molar-refractivity contribution in [1.82, 2.24) is 4.98 Å². The van der Waals surface area contributed by atoms with Gasteiger partial charge in [-0.05, 0) is 17.7 Å². The quantitative estimate of drug-likeness (QED) is 0.625. The van der Waals surface area contributed by atoms with Gasteiger partial charge in [0.25, 0.3) is 5.69 Å². The number of benzene rings is 1. The third-order valence-electron chi connectivity index (χ3n) is 2.09. The minimum Gasteiger partial charge on any atom is -0.264 e. The lowest BCUT2D eigenvalue weighted by molar-refractivity contribution is -0.384.